The van der Waals surface area contributed by atoms with Crippen LogP contribution in [-0.4, -0.2) is 23.0 Å². The van der Waals surface area contributed by atoms with E-state index in [1.165, 1.54) is 13.3 Å². The van der Waals surface area contributed by atoms with E-state index in [0.717, 1.165) is 11.3 Å². The minimum Gasteiger partial charge on any atom is -0.481 e. The Labute approximate surface area is 122 Å². The van der Waals surface area contributed by atoms with Crippen LogP contribution in [0.3, 0.4) is 0 Å². The fourth-order valence-electron chi connectivity index (χ4n) is 2.01. The van der Waals surface area contributed by atoms with Gasteiger partial charge >= 0.3 is 0 Å². The molecule has 2 heterocycles. The molecule has 0 saturated carbocycles. The SMILES string of the molecule is COc1ccc(C(=O)NCc2c(C)cc(C)[nH]c2=O)cn1. The van der Waals surface area contributed by atoms with Crippen molar-refractivity contribution in [2.24, 2.45) is 0 Å². The second-order valence-corrected chi connectivity index (χ2v) is 4.71. The number of pyridine rings is 2. The zero-order valence-corrected chi connectivity index (χ0v) is 12.2. The monoisotopic (exact) mass is 287 g/mol. The lowest BCUT2D eigenvalue weighted by atomic mass is 10.1. The maximum Gasteiger partial charge on any atom is 0.253 e. The number of aromatic nitrogens is 2. The summed E-state index contributed by atoms with van der Waals surface area (Å²) in [7, 11) is 1.51. The Morgan fingerprint density at radius 1 is 1.38 bits per heavy atom. The van der Waals surface area contributed by atoms with Gasteiger partial charge < -0.3 is 15.0 Å². The van der Waals surface area contributed by atoms with E-state index < -0.39 is 0 Å². The van der Waals surface area contributed by atoms with Crippen molar-refractivity contribution in [2.75, 3.05) is 7.11 Å². The van der Waals surface area contributed by atoms with Crippen LogP contribution in [0.5, 0.6) is 5.88 Å². The molecular weight excluding hydrogens is 270 g/mol. The maximum absolute atomic E-state index is 12.0. The number of aryl methyl sites for hydroxylation is 2. The topological polar surface area (TPSA) is 84.1 Å². The molecule has 110 valence electrons. The molecule has 1 amide bonds. The third-order valence-corrected chi connectivity index (χ3v) is 3.13. The lowest BCUT2D eigenvalue weighted by molar-refractivity contribution is 0.0950. The van der Waals surface area contributed by atoms with Crippen molar-refractivity contribution in [3.63, 3.8) is 0 Å². The highest BCUT2D eigenvalue weighted by molar-refractivity contribution is 5.93. The summed E-state index contributed by atoms with van der Waals surface area (Å²) in [5, 5.41) is 2.71. The zero-order chi connectivity index (χ0) is 15.4. The molecule has 0 unspecified atom stereocenters. The Hall–Kier alpha value is -2.63. The first kappa shape index (κ1) is 14.8. The molecule has 0 fully saturated rings. The van der Waals surface area contributed by atoms with Crippen molar-refractivity contribution in [3.05, 3.63) is 57.1 Å². The van der Waals surface area contributed by atoms with Gasteiger partial charge in [0.1, 0.15) is 0 Å². The van der Waals surface area contributed by atoms with Crippen LogP contribution in [0.15, 0.2) is 29.2 Å². The number of nitrogens with one attached hydrogen (secondary N) is 2. The number of rotatable bonds is 4. The van der Waals surface area contributed by atoms with Crippen molar-refractivity contribution in [3.8, 4) is 5.88 Å². The molecular formula is C15H17N3O3. The Bertz CT molecular complexity index is 705. The van der Waals surface area contributed by atoms with Crippen molar-refractivity contribution in [2.45, 2.75) is 20.4 Å². The Balaban J connectivity index is 2.09. The van der Waals surface area contributed by atoms with E-state index in [2.05, 4.69) is 15.3 Å². The van der Waals surface area contributed by atoms with Gasteiger partial charge in [-0.2, -0.15) is 0 Å². The van der Waals surface area contributed by atoms with Crippen molar-refractivity contribution < 1.29 is 9.53 Å². The van der Waals surface area contributed by atoms with Gasteiger partial charge in [0, 0.05) is 30.1 Å². The van der Waals surface area contributed by atoms with E-state index in [0.29, 0.717) is 17.0 Å². The summed E-state index contributed by atoms with van der Waals surface area (Å²) in [6, 6.07) is 5.10. The van der Waals surface area contributed by atoms with Gasteiger partial charge in [0.05, 0.1) is 12.7 Å². The Morgan fingerprint density at radius 3 is 2.71 bits per heavy atom. The number of nitrogens with zero attached hydrogens (tertiary/aromatic N) is 1. The Morgan fingerprint density at radius 2 is 2.14 bits per heavy atom. The first-order valence-corrected chi connectivity index (χ1v) is 6.49. The molecule has 6 heteroatoms. The van der Waals surface area contributed by atoms with Crippen LogP contribution in [0.4, 0.5) is 0 Å². The molecule has 0 bridgehead atoms. The standard InChI is InChI=1S/C15H17N3O3/c1-9-6-10(2)18-15(20)12(9)8-17-14(19)11-4-5-13(21-3)16-7-11/h4-7H,8H2,1-3H3,(H,17,19)(H,18,20). The minimum absolute atomic E-state index is 0.173. The minimum atomic E-state index is -0.287. The Kier molecular flexibility index (Phi) is 4.37. The fourth-order valence-corrected chi connectivity index (χ4v) is 2.01. The first-order chi connectivity index (χ1) is 10.0. The highest BCUT2D eigenvalue weighted by atomic mass is 16.5. The van der Waals surface area contributed by atoms with E-state index in [-0.39, 0.29) is 18.0 Å². The molecule has 2 aromatic rings. The summed E-state index contributed by atoms with van der Waals surface area (Å²) < 4.78 is 4.93. The van der Waals surface area contributed by atoms with E-state index in [4.69, 9.17) is 4.74 Å². The van der Waals surface area contributed by atoms with Crippen LogP contribution in [0, 0.1) is 13.8 Å². The summed E-state index contributed by atoms with van der Waals surface area (Å²) in [5.41, 5.74) is 2.43. The number of carbonyl (C=O) groups is 1. The third-order valence-electron chi connectivity index (χ3n) is 3.13. The van der Waals surface area contributed by atoms with Crippen LogP contribution in [-0.2, 0) is 6.54 Å². The van der Waals surface area contributed by atoms with Crippen molar-refractivity contribution in [1.82, 2.24) is 15.3 Å². The summed E-state index contributed by atoms with van der Waals surface area (Å²) in [6.07, 6.45) is 1.43. The number of carbonyl (C=O) groups excluding carboxylic acids is 1. The van der Waals surface area contributed by atoms with E-state index in [1.807, 2.05) is 19.9 Å². The molecule has 0 aliphatic heterocycles. The number of hydrogen-bond donors (Lipinski definition) is 2. The number of methoxy groups -OCH3 is 1. The first-order valence-electron chi connectivity index (χ1n) is 6.49. The summed E-state index contributed by atoms with van der Waals surface area (Å²) in [5.74, 6) is 0.155. The predicted octanol–water partition coefficient (Wildman–Crippen LogP) is 1.33. The highest BCUT2D eigenvalue weighted by Crippen LogP contribution is 2.07. The maximum atomic E-state index is 12.0. The van der Waals surface area contributed by atoms with Gasteiger partial charge in [-0.05, 0) is 31.5 Å². The molecule has 0 radical (unpaired) electrons. The molecule has 6 nitrogen and oxygen atoms in total. The molecule has 0 aliphatic carbocycles. The molecule has 0 atom stereocenters. The van der Waals surface area contributed by atoms with Gasteiger partial charge in [-0.1, -0.05) is 0 Å². The fraction of sp³-hybridized carbons (Fsp3) is 0.267. The molecule has 0 aliphatic rings. The summed E-state index contributed by atoms with van der Waals surface area (Å²) in [6.45, 7) is 3.84. The van der Waals surface area contributed by atoms with Crippen LogP contribution in [0.1, 0.15) is 27.2 Å². The van der Waals surface area contributed by atoms with E-state index in [9.17, 15) is 9.59 Å². The molecule has 2 N–H and O–H groups in total. The average Bonchev–Trinajstić information content (AvgIpc) is 2.46. The molecule has 0 aromatic carbocycles. The van der Waals surface area contributed by atoms with Crippen LogP contribution in [0.2, 0.25) is 0 Å². The number of aromatic amines is 1. The second kappa shape index (κ2) is 6.21. The highest BCUT2D eigenvalue weighted by Gasteiger charge is 2.09. The van der Waals surface area contributed by atoms with Gasteiger partial charge in [-0.25, -0.2) is 4.98 Å². The summed E-state index contributed by atoms with van der Waals surface area (Å²) in [4.78, 5) is 30.6. The largest absolute Gasteiger partial charge is 0.481 e. The normalized spacial score (nSPS) is 10.2. The number of ether oxygens (including phenoxy) is 1. The van der Waals surface area contributed by atoms with Crippen LogP contribution >= 0.6 is 0 Å². The molecule has 2 aromatic heterocycles. The van der Waals surface area contributed by atoms with Crippen LogP contribution < -0.4 is 15.6 Å². The van der Waals surface area contributed by atoms with E-state index >= 15 is 0 Å². The third kappa shape index (κ3) is 3.47. The molecule has 0 saturated heterocycles. The van der Waals surface area contributed by atoms with Gasteiger partial charge in [0.2, 0.25) is 5.88 Å². The van der Waals surface area contributed by atoms with Crippen molar-refractivity contribution in [1.29, 1.82) is 0 Å². The van der Waals surface area contributed by atoms with Crippen molar-refractivity contribution >= 4 is 5.91 Å². The lowest BCUT2D eigenvalue weighted by Crippen LogP contribution is -2.28. The van der Waals surface area contributed by atoms with E-state index in [1.54, 1.807) is 12.1 Å². The smallest absolute Gasteiger partial charge is 0.253 e. The quantitative estimate of drug-likeness (QED) is 0.888. The number of hydrogen-bond acceptors (Lipinski definition) is 4. The zero-order valence-electron chi connectivity index (χ0n) is 12.2. The van der Waals surface area contributed by atoms with Gasteiger partial charge in [0.25, 0.3) is 11.5 Å². The molecule has 0 spiro atoms. The number of H-pyrrole nitrogens is 1. The summed E-state index contributed by atoms with van der Waals surface area (Å²) >= 11 is 0. The van der Waals surface area contributed by atoms with Crippen LogP contribution in [0.25, 0.3) is 0 Å². The number of amides is 1. The van der Waals surface area contributed by atoms with Gasteiger partial charge in [-0.3, -0.25) is 9.59 Å². The van der Waals surface area contributed by atoms with Gasteiger partial charge in [-0.15, -0.1) is 0 Å². The molecule has 2 rings (SSSR count). The van der Waals surface area contributed by atoms with Gasteiger partial charge in [0.15, 0.2) is 0 Å². The molecule has 21 heavy (non-hydrogen) atoms. The lowest BCUT2D eigenvalue weighted by Gasteiger charge is -2.08. The second-order valence-electron chi connectivity index (χ2n) is 4.71. The average molecular weight is 287 g/mol. The predicted molar refractivity (Wildman–Crippen MR) is 78.5 cm³/mol.